The van der Waals surface area contributed by atoms with Crippen LogP contribution in [0.1, 0.15) is 0 Å². The van der Waals surface area contributed by atoms with E-state index in [1.54, 1.807) is 0 Å². The Morgan fingerprint density at radius 2 is 1.25 bits per heavy atom. The van der Waals surface area contributed by atoms with E-state index in [2.05, 4.69) is 25.9 Å². The van der Waals surface area contributed by atoms with Crippen molar-refractivity contribution in [3.05, 3.63) is 0 Å². The van der Waals surface area contributed by atoms with Crippen molar-refractivity contribution < 1.29 is 0 Å². The van der Waals surface area contributed by atoms with Gasteiger partial charge in [-0.3, -0.25) is 0 Å². The molecule has 0 amide bonds. The molecule has 0 rings (SSSR count). The van der Waals surface area contributed by atoms with Gasteiger partial charge in [0, 0.05) is 0 Å². The first-order valence-corrected chi connectivity index (χ1v) is 2.63. The SMILES string of the molecule is SBr.[GeH4].[PbH2]. The topological polar surface area (TPSA) is 0 Å². The molecular weight excluding hydrogens is 392 g/mol. The zero-order valence-corrected chi connectivity index (χ0v) is 9.51. The van der Waals surface area contributed by atoms with Crippen molar-refractivity contribution in [2.24, 2.45) is 0 Å². The normalized spacial score (nSPS) is 1.50. The Bertz CT molecular complexity index is 8.00. The van der Waals surface area contributed by atoms with E-state index in [1.807, 2.05) is 0 Å². The maximum atomic E-state index is 3.34. The average molecular weight is 399 g/mol. The van der Waals surface area contributed by atoms with E-state index in [4.69, 9.17) is 0 Å². The Morgan fingerprint density at radius 1 is 1.25 bits per heavy atom. The van der Waals surface area contributed by atoms with Crippen molar-refractivity contribution in [1.29, 1.82) is 0 Å². The number of hydrogen-bond donors (Lipinski definition) is 1. The fourth-order valence-electron chi connectivity index (χ4n) is 0. The molecule has 0 N–H and O–H groups in total. The summed E-state index contributed by atoms with van der Waals surface area (Å²) >= 11 is 5.97. The summed E-state index contributed by atoms with van der Waals surface area (Å²) < 4.78 is 0. The molecule has 0 fully saturated rings. The Hall–Kier alpha value is 2.29. The minimum absolute atomic E-state index is 0. The van der Waals surface area contributed by atoms with Gasteiger partial charge in [0.1, 0.15) is 0 Å². The van der Waals surface area contributed by atoms with Crippen LogP contribution < -0.4 is 0 Å². The Morgan fingerprint density at radius 3 is 1.25 bits per heavy atom. The van der Waals surface area contributed by atoms with Crippen LogP contribution in [0, 0.1) is 0 Å². The monoisotopic (exact) mass is 400 g/mol. The van der Waals surface area contributed by atoms with E-state index < -0.39 is 0 Å². The zero-order chi connectivity index (χ0) is 2.00. The van der Waals surface area contributed by atoms with Crippen LogP contribution in [0.2, 0.25) is 0 Å². The second-order valence-electron chi connectivity index (χ2n) is 0. The number of halogens is 1. The summed E-state index contributed by atoms with van der Waals surface area (Å²) in [6.45, 7) is 0. The summed E-state index contributed by atoms with van der Waals surface area (Å²) in [4.78, 5) is 0. The predicted molar refractivity (Wildman–Crippen MR) is 37.8 cm³/mol. The summed E-state index contributed by atoms with van der Waals surface area (Å²) in [5.41, 5.74) is 0. The average Bonchev–Trinajstić information content (AvgIpc) is 1.00. The van der Waals surface area contributed by atoms with Crippen molar-refractivity contribution in [3.63, 3.8) is 0 Å². The first-order chi connectivity index (χ1) is 1.00. The van der Waals surface area contributed by atoms with Crippen molar-refractivity contribution in [2.45, 2.75) is 0 Å². The minimum atomic E-state index is 0. The second-order valence-corrected chi connectivity index (χ2v) is 0. The number of rotatable bonds is 0. The van der Waals surface area contributed by atoms with Crippen LogP contribution in [0.15, 0.2) is 0 Å². The summed E-state index contributed by atoms with van der Waals surface area (Å²) in [6.07, 6.45) is 0. The molecule has 0 aromatic carbocycles. The van der Waals surface area contributed by atoms with Crippen LogP contribution in [0.3, 0.4) is 0 Å². The molecule has 0 saturated carbocycles. The van der Waals surface area contributed by atoms with Gasteiger partial charge in [0.05, 0.1) is 0 Å². The second kappa shape index (κ2) is 18.5. The molecule has 0 aliphatic carbocycles. The van der Waals surface area contributed by atoms with Gasteiger partial charge < -0.3 is 0 Å². The predicted octanol–water partition coefficient (Wildman–Crippen LogP) is -1.14. The molecule has 2 radical (unpaired) electrons. The van der Waals surface area contributed by atoms with E-state index in [0.717, 1.165) is 0 Å². The van der Waals surface area contributed by atoms with Crippen LogP contribution in [-0.4, -0.2) is 44.9 Å². The van der Waals surface area contributed by atoms with Gasteiger partial charge in [-0.25, -0.2) is 0 Å². The molecule has 0 nitrogen and oxygen atoms in total. The molecule has 0 heterocycles. The van der Waals surface area contributed by atoms with Gasteiger partial charge in [-0.05, 0) is 14.8 Å². The summed E-state index contributed by atoms with van der Waals surface area (Å²) in [7, 11) is 0. The van der Waals surface area contributed by atoms with Crippen molar-refractivity contribution in [1.82, 2.24) is 0 Å². The number of hydrogen-bond acceptors (Lipinski definition) is 1. The van der Waals surface area contributed by atoms with Crippen molar-refractivity contribution >= 4 is 70.8 Å². The van der Waals surface area contributed by atoms with Gasteiger partial charge in [-0.1, -0.05) is 0 Å². The van der Waals surface area contributed by atoms with E-state index in [9.17, 15) is 0 Å². The van der Waals surface area contributed by atoms with Gasteiger partial charge in [-0.15, -0.1) is 11.1 Å². The van der Waals surface area contributed by atoms with Gasteiger partial charge in [0.15, 0.2) is 0 Å². The first kappa shape index (κ1) is 16.3. The molecule has 0 unspecified atom stereocenters. The third kappa shape index (κ3) is 8.85. The molecule has 0 aliphatic rings. The van der Waals surface area contributed by atoms with Crippen LogP contribution in [0.25, 0.3) is 0 Å². The molecule has 28 valence electrons. The van der Waals surface area contributed by atoms with Gasteiger partial charge in [0.25, 0.3) is 0 Å². The molecule has 0 spiro atoms. The van der Waals surface area contributed by atoms with Gasteiger partial charge in [0.2, 0.25) is 0 Å². The van der Waals surface area contributed by atoms with E-state index in [1.165, 1.54) is 0 Å². The Balaban J connectivity index is -0.00000000500. The van der Waals surface area contributed by atoms with E-state index in [-0.39, 0.29) is 44.9 Å². The third-order valence-electron chi connectivity index (χ3n) is 0. The van der Waals surface area contributed by atoms with Crippen molar-refractivity contribution in [3.8, 4) is 0 Å². The van der Waals surface area contributed by atoms with Gasteiger partial charge >= 0.3 is 44.9 Å². The zero-order valence-electron chi connectivity index (χ0n) is 1.53. The molecule has 0 atom stereocenters. The van der Waals surface area contributed by atoms with E-state index in [0.29, 0.717) is 0 Å². The molecule has 0 aromatic heterocycles. The molecule has 4 heteroatoms. The molecule has 0 aromatic rings. The van der Waals surface area contributed by atoms with Crippen LogP contribution in [0.5, 0.6) is 0 Å². The third-order valence-corrected chi connectivity index (χ3v) is 0. The fourth-order valence-corrected chi connectivity index (χ4v) is 0. The fraction of sp³-hybridized carbons (Fsp3) is 0. The standard InChI is InChI=1S/BrHS.GeH4.Pb.2H/c1-2;;;;/h2H;1H4;;;. The summed E-state index contributed by atoms with van der Waals surface area (Å²) in [5, 5.41) is 0. The van der Waals surface area contributed by atoms with Gasteiger partial charge in [-0.2, -0.15) is 0 Å². The van der Waals surface area contributed by atoms with Crippen LogP contribution in [0.4, 0.5) is 0 Å². The molecule has 0 bridgehead atoms. The Labute approximate surface area is 69.9 Å². The molecular formula is H7BrGePbS. The van der Waals surface area contributed by atoms with Crippen LogP contribution >= 0.6 is 25.9 Å². The summed E-state index contributed by atoms with van der Waals surface area (Å²) in [6, 6.07) is 0. The first-order valence-electron chi connectivity index (χ1n) is 0.169. The summed E-state index contributed by atoms with van der Waals surface area (Å²) in [5.74, 6) is 0. The quantitative estimate of drug-likeness (QED) is 0.387. The maximum absolute atomic E-state index is 3.34. The molecule has 0 aliphatic heterocycles. The Kier molecular flexibility index (Phi) is 75.4. The van der Waals surface area contributed by atoms with Crippen LogP contribution in [-0.2, 0) is 0 Å². The van der Waals surface area contributed by atoms with E-state index >= 15 is 0 Å². The number of thiol groups is 1. The molecule has 4 heavy (non-hydrogen) atoms. The molecule has 0 saturated heterocycles. The van der Waals surface area contributed by atoms with Crippen molar-refractivity contribution in [2.75, 3.05) is 0 Å².